The first kappa shape index (κ1) is 23.4. The fourth-order valence-corrected chi connectivity index (χ4v) is 5.90. The number of sulfone groups is 1. The summed E-state index contributed by atoms with van der Waals surface area (Å²) < 4.78 is 25.3. The Labute approximate surface area is 188 Å². The van der Waals surface area contributed by atoms with Gasteiger partial charge in [-0.15, -0.1) is 11.3 Å². The molecule has 1 aromatic carbocycles. The fraction of sp³-hybridized carbons (Fsp3) is 0.455. The minimum Gasteiger partial charge on any atom is -0.334 e. The van der Waals surface area contributed by atoms with Gasteiger partial charge in [-0.05, 0) is 63.0 Å². The zero-order valence-corrected chi connectivity index (χ0v) is 19.7. The number of amides is 2. The highest BCUT2D eigenvalue weighted by atomic mass is 32.2. The lowest BCUT2D eigenvalue weighted by atomic mass is 10.1. The van der Waals surface area contributed by atoms with E-state index in [4.69, 9.17) is 0 Å². The first-order valence-corrected chi connectivity index (χ1v) is 13.0. The SMILES string of the molecule is CCN(CCCCN1C=CCNC1=O)C(C)Cc1ccc(S(=O)(=O)c2nccs2)cc1. The molecule has 31 heavy (non-hydrogen) atoms. The molecule has 0 spiro atoms. The van der Waals surface area contributed by atoms with Crippen LogP contribution < -0.4 is 5.32 Å². The predicted octanol–water partition coefficient (Wildman–Crippen LogP) is 3.55. The maximum absolute atomic E-state index is 12.6. The molecule has 0 aliphatic carbocycles. The van der Waals surface area contributed by atoms with Gasteiger partial charge in [0, 0.05) is 36.9 Å². The Morgan fingerprint density at radius 2 is 2.03 bits per heavy atom. The highest BCUT2D eigenvalue weighted by Crippen LogP contribution is 2.23. The van der Waals surface area contributed by atoms with Crippen molar-refractivity contribution in [2.45, 2.75) is 48.4 Å². The Morgan fingerprint density at radius 1 is 1.26 bits per heavy atom. The Kier molecular flexibility index (Phi) is 8.22. The first-order chi connectivity index (χ1) is 14.9. The van der Waals surface area contributed by atoms with Crippen LogP contribution in [-0.4, -0.2) is 61.5 Å². The van der Waals surface area contributed by atoms with Gasteiger partial charge in [0.15, 0.2) is 0 Å². The number of carbonyl (C=O) groups excluding carboxylic acids is 1. The van der Waals surface area contributed by atoms with Gasteiger partial charge in [0.05, 0.1) is 4.90 Å². The summed E-state index contributed by atoms with van der Waals surface area (Å²) in [7, 11) is -3.53. The zero-order valence-electron chi connectivity index (χ0n) is 18.0. The van der Waals surface area contributed by atoms with E-state index in [0.29, 0.717) is 12.6 Å². The monoisotopic (exact) mass is 462 g/mol. The molecule has 2 amide bonds. The number of urea groups is 1. The van der Waals surface area contributed by atoms with Crippen LogP contribution in [-0.2, 0) is 16.3 Å². The number of unbranched alkanes of at least 4 members (excludes halogenated alkanes) is 1. The highest BCUT2D eigenvalue weighted by Gasteiger charge is 2.20. The van der Waals surface area contributed by atoms with Gasteiger partial charge in [-0.3, -0.25) is 0 Å². The summed E-state index contributed by atoms with van der Waals surface area (Å²) in [6.45, 7) is 7.60. The molecule has 3 rings (SSSR count). The smallest absolute Gasteiger partial charge is 0.321 e. The summed E-state index contributed by atoms with van der Waals surface area (Å²) in [5, 5.41) is 4.48. The lowest BCUT2D eigenvalue weighted by molar-refractivity contribution is 0.202. The Balaban J connectivity index is 1.49. The highest BCUT2D eigenvalue weighted by molar-refractivity contribution is 7.93. The van der Waals surface area contributed by atoms with Crippen molar-refractivity contribution >= 4 is 27.2 Å². The molecule has 7 nitrogen and oxygen atoms in total. The van der Waals surface area contributed by atoms with Crippen LogP contribution >= 0.6 is 11.3 Å². The molecule has 0 radical (unpaired) electrons. The first-order valence-electron chi connectivity index (χ1n) is 10.6. The topological polar surface area (TPSA) is 82.6 Å². The third-order valence-corrected chi connectivity index (χ3v) is 8.42. The fourth-order valence-electron chi connectivity index (χ4n) is 3.68. The number of carbonyl (C=O) groups is 1. The quantitative estimate of drug-likeness (QED) is 0.517. The normalized spacial score (nSPS) is 15.3. The number of aromatic nitrogens is 1. The number of hydrogen-bond donors (Lipinski definition) is 1. The van der Waals surface area contributed by atoms with Crippen LogP contribution in [0, 0.1) is 0 Å². The molecule has 0 saturated carbocycles. The predicted molar refractivity (Wildman–Crippen MR) is 123 cm³/mol. The maximum Gasteiger partial charge on any atom is 0.321 e. The van der Waals surface area contributed by atoms with Crippen LogP contribution in [0.4, 0.5) is 4.79 Å². The van der Waals surface area contributed by atoms with Gasteiger partial charge in [0.1, 0.15) is 0 Å². The molecule has 9 heteroatoms. The molecule has 1 unspecified atom stereocenters. The number of rotatable bonds is 11. The molecular formula is C22H30N4O3S2. The van der Waals surface area contributed by atoms with Crippen LogP contribution in [0.1, 0.15) is 32.3 Å². The number of nitrogens with one attached hydrogen (secondary N) is 1. The molecule has 0 fully saturated rings. The minimum atomic E-state index is -3.53. The van der Waals surface area contributed by atoms with Gasteiger partial charge >= 0.3 is 6.03 Å². The summed E-state index contributed by atoms with van der Waals surface area (Å²) in [6.07, 6.45) is 8.13. The molecule has 1 atom stereocenters. The number of hydrogen-bond acceptors (Lipinski definition) is 6. The van der Waals surface area contributed by atoms with E-state index >= 15 is 0 Å². The van der Waals surface area contributed by atoms with Gasteiger partial charge < -0.3 is 15.1 Å². The van der Waals surface area contributed by atoms with E-state index in [0.717, 1.165) is 55.8 Å². The Hall–Kier alpha value is -2.23. The van der Waals surface area contributed by atoms with Crippen molar-refractivity contribution in [2.75, 3.05) is 26.2 Å². The van der Waals surface area contributed by atoms with E-state index in [1.807, 2.05) is 24.4 Å². The van der Waals surface area contributed by atoms with E-state index in [1.165, 1.54) is 6.20 Å². The van der Waals surface area contributed by atoms with Gasteiger partial charge in [-0.1, -0.05) is 19.1 Å². The number of likely N-dealkylation sites (N-methyl/N-ethyl adjacent to an activating group) is 1. The molecule has 0 bridgehead atoms. The summed E-state index contributed by atoms with van der Waals surface area (Å²) in [5.74, 6) is 0. The molecule has 1 aliphatic heterocycles. The van der Waals surface area contributed by atoms with E-state index in [-0.39, 0.29) is 15.3 Å². The molecule has 0 saturated heterocycles. The van der Waals surface area contributed by atoms with E-state index in [1.54, 1.807) is 22.4 Å². The molecular weight excluding hydrogens is 432 g/mol. The van der Waals surface area contributed by atoms with E-state index in [2.05, 4.69) is 29.0 Å². The van der Waals surface area contributed by atoms with Gasteiger partial charge in [-0.25, -0.2) is 18.2 Å². The lowest BCUT2D eigenvalue weighted by Gasteiger charge is -2.28. The molecule has 1 aliphatic rings. The van der Waals surface area contributed by atoms with Crippen molar-refractivity contribution in [1.82, 2.24) is 20.1 Å². The van der Waals surface area contributed by atoms with E-state index in [9.17, 15) is 13.2 Å². The Bertz CT molecular complexity index is 973. The summed E-state index contributed by atoms with van der Waals surface area (Å²) in [5.41, 5.74) is 1.11. The van der Waals surface area contributed by atoms with Crippen molar-refractivity contribution in [1.29, 1.82) is 0 Å². The molecule has 1 aromatic heterocycles. The van der Waals surface area contributed by atoms with Gasteiger partial charge in [-0.2, -0.15) is 0 Å². The standard InChI is InChI=1S/C22H30N4O3S2/c1-3-25(13-4-5-14-26-15-6-11-23-21(26)27)18(2)17-19-7-9-20(10-8-19)31(28,29)22-24-12-16-30-22/h6-10,12,15-16,18H,3-5,11,13-14,17H2,1-2H3,(H,23,27). The second-order valence-corrected chi connectivity index (χ2v) is 10.6. The second-order valence-electron chi connectivity index (χ2n) is 7.60. The van der Waals surface area contributed by atoms with Crippen molar-refractivity contribution < 1.29 is 13.2 Å². The van der Waals surface area contributed by atoms with Crippen molar-refractivity contribution in [2.24, 2.45) is 0 Å². The van der Waals surface area contributed by atoms with Crippen molar-refractivity contribution in [3.05, 3.63) is 53.7 Å². The van der Waals surface area contributed by atoms with Crippen LogP contribution in [0.2, 0.25) is 0 Å². The average molecular weight is 463 g/mol. The van der Waals surface area contributed by atoms with Crippen molar-refractivity contribution in [3.63, 3.8) is 0 Å². The number of thiazole rings is 1. The summed E-state index contributed by atoms with van der Waals surface area (Å²) in [4.78, 5) is 20.1. The summed E-state index contributed by atoms with van der Waals surface area (Å²) in [6, 6.07) is 7.45. The molecule has 2 heterocycles. The van der Waals surface area contributed by atoms with Crippen LogP contribution in [0.15, 0.2) is 57.4 Å². The third kappa shape index (κ3) is 6.15. The minimum absolute atomic E-state index is 0.0245. The Morgan fingerprint density at radius 3 is 2.68 bits per heavy atom. The average Bonchev–Trinajstić information content (AvgIpc) is 3.31. The maximum atomic E-state index is 12.6. The van der Waals surface area contributed by atoms with Gasteiger partial charge in [0.25, 0.3) is 0 Å². The lowest BCUT2D eigenvalue weighted by Crippen LogP contribution is -2.40. The largest absolute Gasteiger partial charge is 0.334 e. The number of nitrogens with zero attached hydrogens (tertiary/aromatic N) is 3. The summed E-state index contributed by atoms with van der Waals surface area (Å²) >= 11 is 1.13. The van der Waals surface area contributed by atoms with Crippen LogP contribution in [0.25, 0.3) is 0 Å². The molecule has 1 N–H and O–H groups in total. The second kappa shape index (κ2) is 10.9. The van der Waals surface area contributed by atoms with Crippen LogP contribution in [0.3, 0.4) is 0 Å². The van der Waals surface area contributed by atoms with Gasteiger partial charge in [0.2, 0.25) is 14.2 Å². The van der Waals surface area contributed by atoms with Crippen molar-refractivity contribution in [3.8, 4) is 0 Å². The van der Waals surface area contributed by atoms with E-state index < -0.39 is 9.84 Å². The number of benzene rings is 1. The zero-order chi connectivity index (χ0) is 22.3. The molecule has 168 valence electrons. The third-order valence-electron chi connectivity index (χ3n) is 5.45. The van der Waals surface area contributed by atoms with Crippen LogP contribution in [0.5, 0.6) is 0 Å². The molecule has 2 aromatic rings.